The lowest BCUT2D eigenvalue weighted by molar-refractivity contribution is 0.100. The highest BCUT2D eigenvalue weighted by Gasteiger charge is 2.19. The third-order valence-electron chi connectivity index (χ3n) is 3.70. The smallest absolute Gasteiger partial charge is 0.150 e. The SMILES string of the molecule is OCC(NC(O)c1cc(-c2ccncc2)[nH]n1)c1cc(F)cc(F)c1. The summed E-state index contributed by atoms with van der Waals surface area (Å²) < 4.78 is 26.7. The summed E-state index contributed by atoms with van der Waals surface area (Å²) in [5, 5.41) is 29.3. The summed E-state index contributed by atoms with van der Waals surface area (Å²) in [4.78, 5) is 3.93. The van der Waals surface area contributed by atoms with Crippen molar-refractivity contribution >= 4 is 0 Å². The Labute approximate surface area is 142 Å². The van der Waals surface area contributed by atoms with Crippen LogP contribution in [0.1, 0.15) is 23.5 Å². The molecule has 130 valence electrons. The van der Waals surface area contributed by atoms with Gasteiger partial charge in [0.05, 0.1) is 18.3 Å². The van der Waals surface area contributed by atoms with Gasteiger partial charge in [-0.2, -0.15) is 5.10 Å². The molecule has 0 bridgehead atoms. The summed E-state index contributed by atoms with van der Waals surface area (Å²) in [5.41, 5.74) is 1.98. The van der Waals surface area contributed by atoms with E-state index in [9.17, 15) is 19.0 Å². The molecule has 4 N–H and O–H groups in total. The number of halogens is 2. The molecule has 0 aliphatic carbocycles. The van der Waals surface area contributed by atoms with E-state index in [0.717, 1.165) is 23.8 Å². The highest BCUT2D eigenvalue weighted by Crippen LogP contribution is 2.22. The minimum absolute atomic E-state index is 0.184. The Morgan fingerprint density at radius 2 is 1.76 bits per heavy atom. The molecule has 0 aliphatic heterocycles. The number of nitrogens with one attached hydrogen (secondary N) is 2. The normalized spacial score (nSPS) is 13.6. The third-order valence-corrected chi connectivity index (χ3v) is 3.70. The fourth-order valence-corrected chi connectivity index (χ4v) is 2.46. The number of aliphatic hydroxyl groups excluding tert-OH is 2. The fraction of sp³-hybridized carbons (Fsp3) is 0.176. The molecule has 0 radical (unpaired) electrons. The van der Waals surface area contributed by atoms with Crippen molar-refractivity contribution in [2.45, 2.75) is 12.3 Å². The van der Waals surface area contributed by atoms with Crippen molar-refractivity contribution in [2.24, 2.45) is 0 Å². The second-order valence-electron chi connectivity index (χ2n) is 5.45. The van der Waals surface area contributed by atoms with Crippen molar-refractivity contribution in [3.63, 3.8) is 0 Å². The molecular weight excluding hydrogens is 330 g/mol. The molecule has 3 rings (SSSR count). The number of nitrogens with zero attached hydrogens (tertiary/aromatic N) is 2. The first-order valence-electron chi connectivity index (χ1n) is 7.53. The van der Waals surface area contributed by atoms with E-state index in [1.807, 2.05) is 0 Å². The average molecular weight is 346 g/mol. The fourth-order valence-electron chi connectivity index (χ4n) is 2.46. The minimum atomic E-state index is -1.24. The largest absolute Gasteiger partial charge is 0.394 e. The second-order valence-corrected chi connectivity index (χ2v) is 5.45. The maximum absolute atomic E-state index is 13.3. The summed E-state index contributed by atoms with van der Waals surface area (Å²) in [7, 11) is 0. The first-order valence-corrected chi connectivity index (χ1v) is 7.53. The van der Waals surface area contributed by atoms with Gasteiger partial charge in [-0.3, -0.25) is 15.4 Å². The molecule has 0 fully saturated rings. The Kier molecular flexibility index (Phi) is 5.13. The average Bonchev–Trinajstić information content (AvgIpc) is 3.09. The topological polar surface area (TPSA) is 94.1 Å². The van der Waals surface area contributed by atoms with E-state index in [2.05, 4.69) is 20.5 Å². The van der Waals surface area contributed by atoms with Crippen LogP contribution in [0.4, 0.5) is 8.78 Å². The van der Waals surface area contributed by atoms with Crippen molar-refractivity contribution in [2.75, 3.05) is 6.61 Å². The Balaban J connectivity index is 1.76. The number of hydrogen-bond acceptors (Lipinski definition) is 5. The van der Waals surface area contributed by atoms with Crippen LogP contribution in [0.2, 0.25) is 0 Å². The summed E-state index contributed by atoms with van der Waals surface area (Å²) in [5.74, 6) is -1.52. The summed E-state index contributed by atoms with van der Waals surface area (Å²) in [6.07, 6.45) is 2.02. The standard InChI is InChI=1S/C17H16F2N4O2/c18-12-5-11(6-13(19)7-12)16(9-24)21-17(25)15-8-14(22-23-15)10-1-3-20-4-2-10/h1-8,16-17,21,24-25H,9H2,(H,22,23). The zero-order valence-corrected chi connectivity index (χ0v) is 13.0. The van der Waals surface area contributed by atoms with Gasteiger partial charge in [-0.15, -0.1) is 0 Å². The zero-order chi connectivity index (χ0) is 17.8. The quantitative estimate of drug-likeness (QED) is 0.513. The van der Waals surface area contributed by atoms with Crippen LogP contribution in [0.5, 0.6) is 0 Å². The second kappa shape index (κ2) is 7.47. The van der Waals surface area contributed by atoms with Gasteiger partial charge >= 0.3 is 0 Å². The van der Waals surface area contributed by atoms with Gasteiger partial charge in [-0.25, -0.2) is 8.78 Å². The Hall–Kier alpha value is -2.68. The predicted octanol–water partition coefficient (Wildman–Crippen LogP) is 2.06. The molecule has 1 aromatic carbocycles. The Morgan fingerprint density at radius 3 is 2.40 bits per heavy atom. The summed E-state index contributed by atoms with van der Waals surface area (Å²) in [6.45, 7) is -0.457. The van der Waals surface area contributed by atoms with E-state index in [-0.39, 0.29) is 11.3 Å². The molecule has 0 saturated heterocycles. The first-order chi connectivity index (χ1) is 12.1. The lowest BCUT2D eigenvalue weighted by Crippen LogP contribution is -2.29. The Bertz CT molecular complexity index is 821. The van der Waals surface area contributed by atoms with Crippen LogP contribution >= 0.6 is 0 Å². The van der Waals surface area contributed by atoms with Crippen LogP contribution in [-0.4, -0.2) is 32.0 Å². The number of benzene rings is 1. The molecule has 6 nitrogen and oxygen atoms in total. The summed E-state index contributed by atoms with van der Waals surface area (Å²) >= 11 is 0. The molecule has 2 unspecified atom stereocenters. The molecule has 8 heteroatoms. The van der Waals surface area contributed by atoms with Gasteiger partial charge in [0.1, 0.15) is 17.3 Å². The third kappa shape index (κ3) is 4.05. The number of aliphatic hydroxyl groups is 2. The summed E-state index contributed by atoms with van der Waals surface area (Å²) in [6, 6.07) is 7.26. The van der Waals surface area contributed by atoms with E-state index in [4.69, 9.17) is 0 Å². The van der Waals surface area contributed by atoms with Gasteiger partial charge in [-0.1, -0.05) is 0 Å². The maximum Gasteiger partial charge on any atom is 0.150 e. The zero-order valence-electron chi connectivity index (χ0n) is 13.0. The van der Waals surface area contributed by atoms with E-state index < -0.39 is 30.5 Å². The van der Waals surface area contributed by atoms with Crippen molar-refractivity contribution in [3.8, 4) is 11.3 Å². The van der Waals surface area contributed by atoms with Crippen LogP contribution in [0, 0.1) is 11.6 Å². The van der Waals surface area contributed by atoms with Crippen LogP contribution in [0.25, 0.3) is 11.3 Å². The van der Waals surface area contributed by atoms with Gasteiger partial charge in [0.15, 0.2) is 6.23 Å². The van der Waals surface area contributed by atoms with Gasteiger partial charge in [-0.05, 0) is 35.9 Å². The van der Waals surface area contributed by atoms with E-state index in [1.54, 1.807) is 30.6 Å². The molecular formula is C17H16F2N4O2. The minimum Gasteiger partial charge on any atom is -0.394 e. The maximum atomic E-state index is 13.3. The van der Waals surface area contributed by atoms with E-state index in [1.165, 1.54) is 0 Å². The number of aromatic nitrogens is 3. The van der Waals surface area contributed by atoms with Crippen LogP contribution in [0.15, 0.2) is 48.8 Å². The van der Waals surface area contributed by atoms with Gasteiger partial charge < -0.3 is 10.2 Å². The molecule has 2 heterocycles. The van der Waals surface area contributed by atoms with Gasteiger partial charge in [0.25, 0.3) is 0 Å². The van der Waals surface area contributed by atoms with Crippen molar-refractivity contribution in [1.82, 2.24) is 20.5 Å². The number of aromatic amines is 1. The highest BCUT2D eigenvalue weighted by atomic mass is 19.1. The lowest BCUT2D eigenvalue weighted by Gasteiger charge is -2.20. The molecule has 2 aromatic heterocycles. The molecule has 0 aliphatic rings. The molecule has 0 amide bonds. The van der Waals surface area contributed by atoms with Crippen molar-refractivity contribution in [1.29, 1.82) is 0 Å². The monoisotopic (exact) mass is 346 g/mol. The first kappa shape index (κ1) is 17.2. The van der Waals surface area contributed by atoms with E-state index in [0.29, 0.717) is 5.69 Å². The Morgan fingerprint density at radius 1 is 1.08 bits per heavy atom. The van der Waals surface area contributed by atoms with Crippen molar-refractivity contribution < 1.29 is 19.0 Å². The predicted molar refractivity (Wildman–Crippen MR) is 86.1 cm³/mol. The number of pyridine rings is 1. The molecule has 2 atom stereocenters. The van der Waals surface area contributed by atoms with Gasteiger partial charge in [0, 0.05) is 24.0 Å². The number of rotatable bonds is 6. The van der Waals surface area contributed by atoms with Crippen molar-refractivity contribution in [3.05, 3.63) is 71.7 Å². The van der Waals surface area contributed by atoms with Crippen LogP contribution < -0.4 is 5.32 Å². The van der Waals surface area contributed by atoms with Crippen LogP contribution in [-0.2, 0) is 0 Å². The van der Waals surface area contributed by atoms with Gasteiger partial charge in [0.2, 0.25) is 0 Å². The highest BCUT2D eigenvalue weighted by molar-refractivity contribution is 5.58. The number of hydrogen-bond donors (Lipinski definition) is 4. The molecule has 25 heavy (non-hydrogen) atoms. The molecule has 3 aromatic rings. The lowest BCUT2D eigenvalue weighted by atomic mass is 10.1. The van der Waals surface area contributed by atoms with Crippen LogP contribution in [0.3, 0.4) is 0 Å². The molecule has 0 spiro atoms. The van der Waals surface area contributed by atoms with E-state index >= 15 is 0 Å². The number of H-pyrrole nitrogens is 1. The molecule has 0 saturated carbocycles.